The van der Waals surface area contributed by atoms with Crippen LogP contribution in [0.15, 0.2) is 0 Å². The molecule has 1 aliphatic rings. The summed E-state index contributed by atoms with van der Waals surface area (Å²) in [6.45, 7) is 5.57. The SMILES string of the molecule is CCNC(=O)CN1CCCC1CC(C)=O. The Morgan fingerprint density at radius 2 is 2.20 bits per heavy atom. The summed E-state index contributed by atoms with van der Waals surface area (Å²) in [7, 11) is 0. The number of amides is 1. The van der Waals surface area contributed by atoms with Crippen molar-refractivity contribution in [2.75, 3.05) is 19.6 Å². The van der Waals surface area contributed by atoms with E-state index in [1.807, 2.05) is 6.92 Å². The lowest BCUT2D eigenvalue weighted by Gasteiger charge is -2.22. The summed E-state index contributed by atoms with van der Waals surface area (Å²) < 4.78 is 0. The Bertz CT molecular complexity index is 241. The fourth-order valence-corrected chi connectivity index (χ4v) is 2.10. The molecule has 0 aromatic heterocycles. The van der Waals surface area contributed by atoms with Crippen LogP contribution in [0.5, 0.6) is 0 Å². The van der Waals surface area contributed by atoms with E-state index in [4.69, 9.17) is 0 Å². The number of likely N-dealkylation sites (tertiary alicyclic amines) is 1. The number of Topliss-reactive ketones (excluding diaryl/α,β-unsaturated/α-hetero) is 1. The van der Waals surface area contributed by atoms with Crippen molar-refractivity contribution in [1.29, 1.82) is 0 Å². The molecule has 86 valence electrons. The third-order valence-corrected chi connectivity index (χ3v) is 2.74. The lowest BCUT2D eigenvalue weighted by atomic mass is 10.1. The van der Waals surface area contributed by atoms with Gasteiger partial charge in [-0.1, -0.05) is 0 Å². The van der Waals surface area contributed by atoms with Crippen molar-refractivity contribution in [3.63, 3.8) is 0 Å². The Kier molecular flexibility index (Phi) is 4.75. The molecule has 0 aromatic carbocycles. The van der Waals surface area contributed by atoms with E-state index >= 15 is 0 Å². The Balaban J connectivity index is 2.39. The van der Waals surface area contributed by atoms with Gasteiger partial charge in [0.25, 0.3) is 0 Å². The predicted molar refractivity (Wildman–Crippen MR) is 58.6 cm³/mol. The first-order valence-corrected chi connectivity index (χ1v) is 5.63. The molecule has 0 aromatic rings. The van der Waals surface area contributed by atoms with E-state index in [1.54, 1.807) is 6.92 Å². The number of nitrogens with zero attached hydrogens (tertiary/aromatic N) is 1. The fourth-order valence-electron chi connectivity index (χ4n) is 2.10. The van der Waals surface area contributed by atoms with E-state index in [1.165, 1.54) is 0 Å². The third kappa shape index (κ3) is 4.00. The fraction of sp³-hybridized carbons (Fsp3) is 0.818. The molecule has 1 N–H and O–H groups in total. The van der Waals surface area contributed by atoms with Crippen molar-refractivity contribution in [2.24, 2.45) is 0 Å². The number of likely N-dealkylation sites (N-methyl/N-ethyl adjacent to an activating group) is 1. The zero-order chi connectivity index (χ0) is 11.3. The Hall–Kier alpha value is -0.900. The molecule has 0 bridgehead atoms. The molecule has 0 radical (unpaired) electrons. The number of nitrogens with one attached hydrogen (secondary N) is 1. The second-order valence-electron chi connectivity index (χ2n) is 4.13. The minimum absolute atomic E-state index is 0.0629. The van der Waals surface area contributed by atoms with Gasteiger partial charge in [0.05, 0.1) is 6.54 Å². The van der Waals surface area contributed by atoms with Crippen LogP contribution in [0.4, 0.5) is 0 Å². The highest BCUT2D eigenvalue weighted by Crippen LogP contribution is 2.19. The largest absolute Gasteiger partial charge is 0.355 e. The van der Waals surface area contributed by atoms with Gasteiger partial charge >= 0.3 is 0 Å². The molecule has 4 heteroatoms. The highest BCUT2D eigenvalue weighted by atomic mass is 16.2. The second kappa shape index (κ2) is 5.85. The average molecular weight is 212 g/mol. The minimum Gasteiger partial charge on any atom is -0.355 e. The Morgan fingerprint density at radius 1 is 1.47 bits per heavy atom. The Labute approximate surface area is 91.0 Å². The quantitative estimate of drug-likeness (QED) is 0.724. The van der Waals surface area contributed by atoms with Gasteiger partial charge in [0.15, 0.2) is 0 Å². The first kappa shape index (κ1) is 12.2. The van der Waals surface area contributed by atoms with Crippen molar-refractivity contribution in [3.8, 4) is 0 Å². The van der Waals surface area contributed by atoms with Gasteiger partial charge in [0.2, 0.25) is 5.91 Å². The molecular formula is C11H20N2O2. The van der Waals surface area contributed by atoms with Crippen LogP contribution in [-0.4, -0.2) is 42.3 Å². The topological polar surface area (TPSA) is 49.4 Å². The van der Waals surface area contributed by atoms with Crippen molar-refractivity contribution < 1.29 is 9.59 Å². The van der Waals surface area contributed by atoms with Crippen LogP contribution in [0.25, 0.3) is 0 Å². The molecule has 1 atom stereocenters. The first-order chi connectivity index (χ1) is 7.13. The highest BCUT2D eigenvalue weighted by molar-refractivity contribution is 5.78. The molecule has 0 saturated carbocycles. The van der Waals surface area contributed by atoms with Crippen LogP contribution in [0.3, 0.4) is 0 Å². The van der Waals surface area contributed by atoms with E-state index in [9.17, 15) is 9.59 Å². The Morgan fingerprint density at radius 3 is 2.80 bits per heavy atom. The number of hydrogen-bond acceptors (Lipinski definition) is 3. The number of ketones is 1. The summed E-state index contributed by atoms with van der Waals surface area (Å²) in [5.41, 5.74) is 0. The molecule has 1 fully saturated rings. The van der Waals surface area contributed by atoms with Gasteiger partial charge < -0.3 is 5.32 Å². The van der Waals surface area contributed by atoms with Crippen molar-refractivity contribution in [3.05, 3.63) is 0 Å². The molecule has 1 heterocycles. The van der Waals surface area contributed by atoms with Gasteiger partial charge in [-0.25, -0.2) is 0 Å². The maximum atomic E-state index is 11.4. The van der Waals surface area contributed by atoms with Crippen molar-refractivity contribution in [2.45, 2.75) is 39.2 Å². The average Bonchev–Trinajstić information content (AvgIpc) is 2.52. The lowest BCUT2D eigenvalue weighted by Crippen LogP contribution is -2.40. The zero-order valence-corrected chi connectivity index (χ0v) is 9.58. The van der Waals surface area contributed by atoms with Crippen LogP contribution in [0.1, 0.15) is 33.1 Å². The molecule has 15 heavy (non-hydrogen) atoms. The summed E-state index contributed by atoms with van der Waals surface area (Å²) in [5, 5.41) is 2.78. The summed E-state index contributed by atoms with van der Waals surface area (Å²) in [6, 6.07) is 0.283. The molecule has 1 aliphatic heterocycles. The van der Waals surface area contributed by atoms with Gasteiger partial charge in [-0.05, 0) is 33.2 Å². The van der Waals surface area contributed by atoms with E-state index in [0.29, 0.717) is 19.5 Å². The van der Waals surface area contributed by atoms with Gasteiger partial charge in [-0.15, -0.1) is 0 Å². The molecule has 0 aliphatic carbocycles. The lowest BCUT2D eigenvalue weighted by molar-refractivity contribution is -0.123. The van der Waals surface area contributed by atoms with Crippen LogP contribution in [0.2, 0.25) is 0 Å². The minimum atomic E-state index is 0.0629. The highest BCUT2D eigenvalue weighted by Gasteiger charge is 2.26. The summed E-state index contributed by atoms with van der Waals surface area (Å²) >= 11 is 0. The van der Waals surface area contributed by atoms with E-state index in [-0.39, 0.29) is 17.7 Å². The summed E-state index contributed by atoms with van der Waals surface area (Å²) in [5.74, 6) is 0.274. The smallest absolute Gasteiger partial charge is 0.234 e. The van der Waals surface area contributed by atoms with E-state index in [2.05, 4.69) is 10.2 Å². The second-order valence-corrected chi connectivity index (χ2v) is 4.13. The van der Waals surface area contributed by atoms with Gasteiger partial charge in [0.1, 0.15) is 5.78 Å². The van der Waals surface area contributed by atoms with Gasteiger partial charge in [-0.3, -0.25) is 14.5 Å². The predicted octanol–water partition coefficient (Wildman–Crippen LogP) is 0.566. The zero-order valence-electron chi connectivity index (χ0n) is 9.58. The van der Waals surface area contributed by atoms with Crippen molar-refractivity contribution >= 4 is 11.7 Å². The number of carbonyl (C=O) groups is 2. The molecule has 1 unspecified atom stereocenters. The monoisotopic (exact) mass is 212 g/mol. The summed E-state index contributed by atoms with van der Waals surface area (Å²) in [4.78, 5) is 24.5. The number of hydrogen-bond donors (Lipinski definition) is 1. The summed E-state index contributed by atoms with van der Waals surface area (Å²) in [6.07, 6.45) is 2.72. The van der Waals surface area contributed by atoms with Crippen LogP contribution >= 0.6 is 0 Å². The van der Waals surface area contributed by atoms with Gasteiger partial charge in [0, 0.05) is 19.0 Å². The molecular weight excluding hydrogens is 192 g/mol. The van der Waals surface area contributed by atoms with Crippen molar-refractivity contribution in [1.82, 2.24) is 10.2 Å². The van der Waals surface area contributed by atoms with E-state index in [0.717, 1.165) is 19.4 Å². The third-order valence-electron chi connectivity index (χ3n) is 2.74. The van der Waals surface area contributed by atoms with Crippen LogP contribution < -0.4 is 5.32 Å². The van der Waals surface area contributed by atoms with Crippen LogP contribution in [0, 0.1) is 0 Å². The molecule has 1 amide bonds. The number of carbonyl (C=O) groups excluding carboxylic acids is 2. The maximum absolute atomic E-state index is 11.4. The molecule has 4 nitrogen and oxygen atoms in total. The number of rotatable bonds is 5. The van der Waals surface area contributed by atoms with Crippen LogP contribution in [-0.2, 0) is 9.59 Å². The maximum Gasteiger partial charge on any atom is 0.234 e. The molecule has 0 spiro atoms. The molecule has 1 saturated heterocycles. The van der Waals surface area contributed by atoms with Gasteiger partial charge in [-0.2, -0.15) is 0 Å². The normalized spacial score (nSPS) is 21.6. The standard InChI is InChI=1S/C11H20N2O2/c1-3-12-11(15)8-13-6-4-5-10(13)7-9(2)14/h10H,3-8H2,1-2H3,(H,12,15). The first-order valence-electron chi connectivity index (χ1n) is 5.63. The molecule has 1 rings (SSSR count). The van der Waals surface area contributed by atoms with E-state index < -0.39 is 0 Å².